The van der Waals surface area contributed by atoms with Gasteiger partial charge in [-0.25, -0.2) is 0 Å². The van der Waals surface area contributed by atoms with Gasteiger partial charge in [0.05, 0.1) is 16.2 Å². The van der Waals surface area contributed by atoms with Crippen LogP contribution in [0.5, 0.6) is 5.75 Å². The SMILES string of the molecule is Cc1cc(Br)c(OC2CC2)c(C(C)(C)O)c1. The van der Waals surface area contributed by atoms with Crippen molar-refractivity contribution in [1.82, 2.24) is 0 Å². The summed E-state index contributed by atoms with van der Waals surface area (Å²) >= 11 is 3.51. The van der Waals surface area contributed by atoms with Gasteiger partial charge in [0.15, 0.2) is 0 Å². The fraction of sp³-hybridized carbons (Fsp3) is 0.538. The number of aryl methyl sites for hydroxylation is 1. The predicted molar refractivity (Wildman–Crippen MR) is 67.8 cm³/mol. The molecule has 2 rings (SSSR count). The second kappa shape index (κ2) is 4.04. The van der Waals surface area contributed by atoms with Crippen LogP contribution in [0.3, 0.4) is 0 Å². The van der Waals surface area contributed by atoms with E-state index in [2.05, 4.69) is 15.9 Å². The maximum Gasteiger partial charge on any atom is 0.139 e. The minimum absolute atomic E-state index is 0.333. The molecule has 0 heterocycles. The molecule has 3 heteroatoms. The number of halogens is 1. The first-order valence-corrected chi connectivity index (χ1v) is 6.37. The first-order valence-electron chi connectivity index (χ1n) is 5.57. The molecule has 1 aliphatic carbocycles. The second-order valence-electron chi connectivity index (χ2n) is 5.00. The Balaban J connectivity index is 2.45. The topological polar surface area (TPSA) is 29.5 Å². The van der Waals surface area contributed by atoms with Crippen LogP contribution in [0, 0.1) is 6.92 Å². The van der Waals surface area contributed by atoms with Crippen molar-refractivity contribution >= 4 is 15.9 Å². The molecule has 0 bridgehead atoms. The van der Waals surface area contributed by atoms with Gasteiger partial charge in [0.2, 0.25) is 0 Å². The number of rotatable bonds is 3. The summed E-state index contributed by atoms with van der Waals surface area (Å²) in [5.74, 6) is 0.792. The zero-order chi connectivity index (χ0) is 11.9. The Bertz CT molecular complexity index is 403. The van der Waals surface area contributed by atoms with Crippen LogP contribution in [0.1, 0.15) is 37.8 Å². The molecular formula is C13H17BrO2. The largest absolute Gasteiger partial charge is 0.489 e. The summed E-state index contributed by atoms with van der Waals surface area (Å²) in [7, 11) is 0. The lowest BCUT2D eigenvalue weighted by atomic mass is 9.95. The monoisotopic (exact) mass is 284 g/mol. The predicted octanol–water partition coefficient (Wildman–Crippen LogP) is 3.53. The fourth-order valence-corrected chi connectivity index (χ4v) is 2.32. The number of benzene rings is 1. The summed E-state index contributed by atoms with van der Waals surface area (Å²) in [6, 6.07) is 4.01. The summed E-state index contributed by atoms with van der Waals surface area (Å²) in [4.78, 5) is 0. The molecule has 0 aliphatic heterocycles. The summed E-state index contributed by atoms with van der Waals surface area (Å²) in [6.07, 6.45) is 2.57. The van der Waals surface area contributed by atoms with E-state index in [1.54, 1.807) is 13.8 Å². The molecule has 1 fully saturated rings. The van der Waals surface area contributed by atoms with Crippen molar-refractivity contribution in [2.24, 2.45) is 0 Å². The average molecular weight is 285 g/mol. The molecule has 0 saturated heterocycles. The van der Waals surface area contributed by atoms with E-state index in [0.717, 1.165) is 34.2 Å². The standard InChI is InChI=1S/C13H17BrO2/c1-8-6-10(13(2,3)15)12(11(14)7-8)16-9-4-5-9/h6-7,9,15H,4-5H2,1-3H3. The smallest absolute Gasteiger partial charge is 0.139 e. The lowest BCUT2D eigenvalue weighted by molar-refractivity contribution is 0.0741. The molecule has 1 aromatic carbocycles. The van der Waals surface area contributed by atoms with Gasteiger partial charge in [-0.15, -0.1) is 0 Å². The minimum atomic E-state index is -0.876. The molecule has 2 nitrogen and oxygen atoms in total. The number of aliphatic hydroxyl groups is 1. The average Bonchev–Trinajstić information content (AvgIpc) is 2.91. The Morgan fingerprint density at radius 3 is 2.50 bits per heavy atom. The van der Waals surface area contributed by atoms with Crippen LogP contribution in [-0.2, 0) is 5.60 Å². The van der Waals surface area contributed by atoms with Crippen molar-refractivity contribution < 1.29 is 9.84 Å². The first kappa shape index (κ1) is 11.9. The zero-order valence-electron chi connectivity index (χ0n) is 9.88. The zero-order valence-corrected chi connectivity index (χ0v) is 11.5. The van der Waals surface area contributed by atoms with Gasteiger partial charge in [-0.05, 0) is 67.2 Å². The van der Waals surface area contributed by atoms with Crippen LogP contribution < -0.4 is 4.74 Å². The summed E-state index contributed by atoms with van der Waals surface area (Å²) < 4.78 is 6.79. The van der Waals surface area contributed by atoms with E-state index in [0.29, 0.717) is 6.10 Å². The third kappa shape index (κ3) is 2.58. The number of hydrogen-bond acceptors (Lipinski definition) is 2. The molecule has 0 amide bonds. The molecule has 1 saturated carbocycles. The maximum absolute atomic E-state index is 10.2. The van der Waals surface area contributed by atoms with E-state index in [9.17, 15) is 5.11 Å². The molecule has 0 unspecified atom stereocenters. The molecule has 0 aromatic heterocycles. The van der Waals surface area contributed by atoms with Crippen molar-refractivity contribution in [3.05, 3.63) is 27.7 Å². The minimum Gasteiger partial charge on any atom is -0.489 e. The van der Waals surface area contributed by atoms with E-state index < -0.39 is 5.60 Å². The van der Waals surface area contributed by atoms with Gasteiger partial charge in [-0.1, -0.05) is 0 Å². The van der Waals surface area contributed by atoms with Crippen LogP contribution in [0.25, 0.3) is 0 Å². The first-order chi connectivity index (χ1) is 7.38. The van der Waals surface area contributed by atoms with E-state index >= 15 is 0 Å². The summed E-state index contributed by atoms with van der Waals surface area (Å²) in [5.41, 5.74) is 1.09. The molecule has 1 aliphatic rings. The third-order valence-electron chi connectivity index (χ3n) is 2.66. The van der Waals surface area contributed by atoms with Crippen molar-refractivity contribution in [3.8, 4) is 5.75 Å². The lowest BCUT2D eigenvalue weighted by Gasteiger charge is -2.23. The van der Waals surface area contributed by atoms with Crippen LogP contribution in [0.2, 0.25) is 0 Å². The Morgan fingerprint density at radius 1 is 1.38 bits per heavy atom. The quantitative estimate of drug-likeness (QED) is 0.920. The Morgan fingerprint density at radius 2 is 2.00 bits per heavy atom. The molecule has 1 N–H and O–H groups in total. The number of hydrogen-bond donors (Lipinski definition) is 1. The van der Waals surface area contributed by atoms with Gasteiger partial charge < -0.3 is 9.84 Å². The highest BCUT2D eigenvalue weighted by Crippen LogP contribution is 2.40. The highest BCUT2D eigenvalue weighted by Gasteiger charge is 2.29. The van der Waals surface area contributed by atoms with E-state index in [1.807, 2.05) is 19.1 Å². The van der Waals surface area contributed by atoms with Crippen LogP contribution in [0.15, 0.2) is 16.6 Å². The van der Waals surface area contributed by atoms with Gasteiger partial charge in [0.25, 0.3) is 0 Å². The molecule has 0 radical (unpaired) electrons. The maximum atomic E-state index is 10.2. The molecule has 16 heavy (non-hydrogen) atoms. The van der Waals surface area contributed by atoms with Crippen molar-refractivity contribution in [2.45, 2.75) is 45.3 Å². The van der Waals surface area contributed by atoms with E-state index in [-0.39, 0.29) is 0 Å². The molecule has 88 valence electrons. The van der Waals surface area contributed by atoms with Crippen LogP contribution in [-0.4, -0.2) is 11.2 Å². The van der Waals surface area contributed by atoms with Crippen LogP contribution >= 0.6 is 15.9 Å². The van der Waals surface area contributed by atoms with Gasteiger partial charge in [-0.3, -0.25) is 0 Å². The van der Waals surface area contributed by atoms with Crippen molar-refractivity contribution in [1.29, 1.82) is 0 Å². The van der Waals surface area contributed by atoms with E-state index in [1.165, 1.54) is 0 Å². The summed E-state index contributed by atoms with van der Waals surface area (Å²) in [6.45, 7) is 5.59. The lowest BCUT2D eigenvalue weighted by Crippen LogP contribution is -2.18. The Labute approximate surface area is 105 Å². The van der Waals surface area contributed by atoms with Gasteiger partial charge in [0.1, 0.15) is 5.75 Å². The number of ether oxygens (including phenoxy) is 1. The van der Waals surface area contributed by atoms with Crippen LogP contribution in [0.4, 0.5) is 0 Å². The molecule has 0 spiro atoms. The highest BCUT2D eigenvalue weighted by molar-refractivity contribution is 9.10. The fourth-order valence-electron chi connectivity index (χ4n) is 1.66. The van der Waals surface area contributed by atoms with Gasteiger partial charge in [0, 0.05) is 5.56 Å². The van der Waals surface area contributed by atoms with E-state index in [4.69, 9.17) is 4.74 Å². The molecule has 0 atom stereocenters. The van der Waals surface area contributed by atoms with Crippen molar-refractivity contribution in [3.63, 3.8) is 0 Å². The molecule has 1 aromatic rings. The van der Waals surface area contributed by atoms with Gasteiger partial charge in [-0.2, -0.15) is 0 Å². The van der Waals surface area contributed by atoms with Gasteiger partial charge >= 0.3 is 0 Å². The Kier molecular flexibility index (Phi) is 3.01. The van der Waals surface area contributed by atoms with Crippen molar-refractivity contribution in [2.75, 3.05) is 0 Å². The highest BCUT2D eigenvalue weighted by atomic mass is 79.9. The second-order valence-corrected chi connectivity index (χ2v) is 5.85. The summed E-state index contributed by atoms with van der Waals surface area (Å²) in [5, 5.41) is 10.2. The molecular weight excluding hydrogens is 268 g/mol. The Hall–Kier alpha value is -0.540. The third-order valence-corrected chi connectivity index (χ3v) is 3.25. The normalized spacial score (nSPS) is 16.3.